The molecule has 0 bridgehead atoms. The first-order chi connectivity index (χ1) is 14.9. The van der Waals surface area contributed by atoms with Gasteiger partial charge in [0, 0.05) is 24.6 Å². The van der Waals surface area contributed by atoms with Gasteiger partial charge in [0.15, 0.2) is 8.46 Å². The molecule has 0 radical (unpaired) electrons. The van der Waals surface area contributed by atoms with Crippen LogP contribution in [0.15, 0.2) is 36.7 Å². The average molecular weight is 448 g/mol. The topological polar surface area (TPSA) is 103 Å². The number of nitrogens with zero attached hydrogens (tertiary/aromatic N) is 3. The third-order valence-electron chi connectivity index (χ3n) is 5.01. The Labute approximate surface area is 182 Å². The Hall–Kier alpha value is -2.90. The van der Waals surface area contributed by atoms with Gasteiger partial charge in [0.05, 0.1) is 17.6 Å². The number of aliphatic carboxylic acids is 1. The van der Waals surface area contributed by atoms with Crippen molar-refractivity contribution in [2.45, 2.75) is 25.8 Å². The molecule has 1 aliphatic rings. The molecule has 1 aromatic carbocycles. The zero-order chi connectivity index (χ0) is 22.8. The van der Waals surface area contributed by atoms with E-state index in [0.29, 0.717) is 23.4 Å². The van der Waals surface area contributed by atoms with Crippen LogP contribution in [0.3, 0.4) is 0 Å². The van der Waals surface area contributed by atoms with Crippen LogP contribution in [-0.4, -0.2) is 55.2 Å². The van der Waals surface area contributed by atoms with Crippen LogP contribution in [0.2, 0.25) is 0 Å². The van der Waals surface area contributed by atoms with Crippen molar-refractivity contribution in [2.75, 3.05) is 36.5 Å². The number of pyridine rings is 1. The van der Waals surface area contributed by atoms with Crippen molar-refractivity contribution in [3.8, 4) is 0 Å². The van der Waals surface area contributed by atoms with Crippen molar-refractivity contribution >= 4 is 37.5 Å². The van der Waals surface area contributed by atoms with Gasteiger partial charge in [0.2, 0.25) is 6.41 Å². The number of carboxylic acid groups (broad SMARTS) is 1. The summed E-state index contributed by atoms with van der Waals surface area (Å²) in [5, 5.41) is 12.9. The van der Waals surface area contributed by atoms with E-state index in [4.69, 9.17) is 5.11 Å². The van der Waals surface area contributed by atoms with Crippen molar-refractivity contribution in [3.05, 3.63) is 48.0 Å². The Morgan fingerprint density at radius 1 is 1.32 bits per heavy atom. The molecule has 0 saturated carbocycles. The highest BCUT2D eigenvalue weighted by molar-refractivity contribution is 7.34. The highest BCUT2D eigenvalue weighted by Gasteiger charge is 2.22. The summed E-state index contributed by atoms with van der Waals surface area (Å²) in [5.41, 5.74) is 2.07. The van der Waals surface area contributed by atoms with Crippen LogP contribution in [0.5, 0.6) is 0 Å². The highest BCUT2D eigenvalue weighted by atomic mass is 31.1. The minimum atomic E-state index is -1.05. The van der Waals surface area contributed by atoms with E-state index in [2.05, 4.69) is 15.2 Å². The second-order valence-electron chi connectivity index (χ2n) is 7.11. The van der Waals surface area contributed by atoms with Gasteiger partial charge in [0.25, 0.3) is 0 Å². The van der Waals surface area contributed by atoms with Crippen LogP contribution in [0, 0.1) is 12.7 Å². The van der Waals surface area contributed by atoms with Crippen molar-refractivity contribution in [2.24, 2.45) is 0 Å². The molecule has 1 aromatic heterocycles. The lowest BCUT2D eigenvalue weighted by Gasteiger charge is -2.35. The molecule has 0 spiro atoms. The minimum absolute atomic E-state index is 0.0520. The SMILES string of the molecule is CN(c1ccncc1N(C=O)CC(=O)O)C1CCNCC1.Cc1cc(F)ccc1P=O. The number of amides is 1. The number of anilines is 2. The summed E-state index contributed by atoms with van der Waals surface area (Å²) in [7, 11) is 1.92. The monoisotopic (exact) mass is 448 g/mol. The van der Waals surface area contributed by atoms with Crippen LogP contribution in [0.4, 0.5) is 15.8 Å². The molecule has 0 atom stereocenters. The molecule has 10 heteroatoms. The first-order valence-electron chi connectivity index (χ1n) is 9.78. The molecule has 0 unspecified atom stereocenters. The summed E-state index contributed by atoms with van der Waals surface area (Å²) in [4.78, 5) is 29.4. The molecular weight excluding hydrogens is 422 g/mol. The zero-order valence-corrected chi connectivity index (χ0v) is 18.4. The molecule has 2 N–H and O–H groups in total. The van der Waals surface area contributed by atoms with Gasteiger partial charge in [0.1, 0.15) is 12.4 Å². The molecule has 8 nitrogen and oxygen atoms in total. The fourth-order valence-corrected chi connectivity index (χ4v) is 3.68. The van der Waals surface area contributed by atoms with Crippen molar-refractivity contribution < 1.29 is 23.7 Å². The number of aryl methyl sites for hydroxylation is 1. The lowest BCUT2D eigenvalue weighted by Crippen LogP contribution is -2.42. The van der Waals surface area contributed by atoms with Gasteiger partial charge in [-0.1, -0.05) is 0 Å². The van der Waals surface area contributed by atoms with Crippen molar-refractivity contribution in [1.82, 2.24) is 10.3 Å². The Balaban J connectivity index is 0.000000285. The summed E-state index contributed by atoms with van der Waals surface area (Å²) in [6.07, 6.45) is 5.74. The number of nitrogens with one attached hydrogen (secondary N) is 1. The number of carbonyl (C=O) groups is 2. The molecule has 1 aliphatic heterocycles. The van der Waals surface area contributed by atoms with E-state index in [1.807, 2.05) is 13.1 Å². The fourth-order valence-electron chi connectivity index (χ4n) is 3.34. The van der Waals surface area contributed by atoms with Crippen molar-refractivity contribution in [1.29, 1.82) is 0 Å². The number of hydrogen-bond donors (Lipinski definition) is 2. The summed E-state index contributed by atoms with van der Waals surface area (Å²) >= 11 is 0. The molecule has 166 valence electrons. The number of halogens is 1. The van der Waals surface area contributed by atoms with Gasteiger partial charge < -0.3 is 20.2 Å². The highest BCUT2D eigenvalue weighted by Crippen LogP contribution is 2.29. The third-order valence-corrected chi connectivity index (χ3v) is 5.71. The van der Waals surface area contributed by atoms with E-state index in [9.17, 15) is 18.5 Å². The molecule has 0 aliphatic carbocycles. The summed E-state index contributed by atoms with van der Waals surface area (Å²) in [5.74, 6) is -1.34. The number of aromatic nitrogens is 1. The van der Waals surface area contributed by atoms with Gasteiger partial charge in [-0.25, -0.2) is 4.39 Å². The maximum atomic E-state index is 12.4. The third kappa shape index (κ3) is 7.08. The molecule has 3 rings (SSSR count). The van der Waals surface area contributed by atoms with Gasteiger partial charge >= 0.3 is 5.97 Å². The van der Waals surface area contributed by atoms with E-state index in [-0.39, 0.29) is 20.8 Å². The van der Waals surface area contributed by atoms with Gasteiger partial charge in [-0.2, -0.15) is 0 Å². The van der Waals surface area contributed by atoms with Gasteiger partial charge in [-0.05, 0) is 62.7 Å². The normalized spacial score (nSPS) is 13.8. The number of hydrogen-bond acceptors (Lipinski definition) is 6. The Morgan fingerprint density at radius 3 is 2.61 bits per heavy atom. The molecule has 2 heterocycles. The average Bonchev–Trinajstić information content (AvgIpc) is 2.78. The van der Waals surface area contributed by atoms with E-state index in [1.165, 1.54) is 29.3 Å². The van der Waals surface area contributed by atoms with Crippen LogP contribution >= 0.6 is 8.46 Å². The second-order valence-corrected chi connectivity index (χ2v) is 7.77. The van der Waals surface area contributed by atoms with E-state index in [1.54, 1.807) is 13.1 Å². The predicted octanol–water partition coefficient (Wildman–Crippen LogP) is 2.37. The lowest BCUT2D eigenvalue weighted by atomic mass is 10.0. The largest absolute Gasteiger partial charge is 0.480 e. The molecular formula is C21H26FN4O4P. The Kier molecular flexibility index (Phi) is 9.49. The number of piperidine rings is 1. The summed E-state index contributed by atoms with van der Waals surface area (Å²) in [6.45, 7) is 3.27. The van der Waals surface area contributed by atoms with Crippen LogP contribution in [0.25, 0.3) is 0 Å². The van der Waals surface area contributed by atoms with E-state index >= 15 is 0 Å². The van der Waals surface area contributed by atoms with Gasteiger partial charge in [-0.15, -0.1) is 0 Å². The minimum Gasteiger partial charge on any atom is -0.480 e. The number of benzene rings is 1. The van der Waals surface area contributed by atoms with E-state index < -0.39 is 5.97 Å². The number of rotatable bonds is 7. The number of carboxylic acids is 1. The predicted molar refractivity (Wildman–Crippen MR) is 118 cm³/mol. The quantitative estimate of drug-likeness (QED) is 0.495. The number of carbonyl (C=O) groups excluding carboxylic acids is 1. The molecule has 1 saturated heterocycles. The maximum Gasteiger partial charge on any atom is 0.323 e. The second kappa shape index (κ2) is 12.1. The van der Waals surface area contributed by atoms with Crippen molar-refractivity contribution in [3.63, 3.8) is 0 Å². The maximum absolute atomic E-state index is 12.4. The van der Waals surface area contributed by atoms with Crippen LogP contribution in [0.1, 0.15) is 18.4 Å². The smallest absolute Gasteiger partial charge is 0.323 e. The molecule has 31 heavy (non-hydrogen) atoms. The zero-order valence-electron chi connectivity index (χ0n) is 17.5. The summed E-state index contributed by atoms with van der Waals surface area (Å²) in [6, 6.07) is 6.35. The molecule has 2 aromatic rings. The van der Waals surface area contributed by atoms with Gasteiger partial charge in [-0.3, -0.25) is 19.1 Å². The molecule has 1 amide bonds. The summed E-state index contributed by atoms with van der Waals surface area (Å²) < 4.78 is 22.7. The fraction of sp³-hybridized carbons (Fsp3) is 0.381. The van der Waals surface area contributed by atoms with E-state index in [0.717, 1.165) is 37.2 Å². The first-order valence-corrected chi connectivity index (χ1v) is 10.6. The standard InChI is InChI=1S/C14H20N4O3.C7H6FOP/c1-17(11-2-5-15-6-3-11)12-4-7-16-8-13(12)18(10-19)9-14(20)21;1-5-4-6(8)2-3-7(5)10-9/h4,7-8,10-11,15H,2-3,5-6,9H2,1H3,(H,20,21);2-4H,1H3. The first kappa shape index (κ1) is 24.4. The van der Waals surface area contributed by atoms with Crippen LogP contribution in [-0.2, 0) is 14.2 Å². The Bertz CT molecular complexity index is 909. The van der Waals surface area contributed by atoms with Crippen LogP contribution < -0.4 is 20.4 Å². The molecule has 1 fully saturated rings. The lowest BCUT2D eigenvalue weighted by molar-refractivity contribution is -0.136. The Morgan fingerprint density at radius 2 is 2.03 bits per heavy atom.